The van der Waals surface area contributed by atoms with E-state index in [0.29, 0.717) is 61.5 Å². The summed E-state index contributed by atoms with van der Waals surface area (Å²) in [5.41, 5.74) is 1.00. The zero-order valence-electron chi connectivity index (χ0n) is 21.2. The number of aliphatic hydroxyl groups is 1. The van der Waals surface area contributed by atoms with Crippen LogP contribution in [0.4, 0.5) is 15.9 Å². The Balaban J connectivity index is 1.39. The molecule has 0 amide bonds. The summed E-state index contributed by atoms with van der Waals surface area (Å²) in [4.78, 5) is 4.49. The molecule has 0 unspecified atom stereocenters. The van der Waals surface area contributed by atoms with Crippen LogP contribution in [0, 0.1) is 5.82 Å². The van der Waals surface area contributed by atoms with Gasteiger partial charge in [0.1, 0.15) is 11.6 Å². The fourth-order valence-corrected chi connectivity index (χ4v) is 5.28. The molecule has 0 radical (unpaired) electrons. The molecule has 0 spiro atoms. The van der Waals surface area contributed by atoms with Crippen LogP contribution < -0.4 is 16.0 Å². The molecule has 9 heteroatoms. The van der Waals surface area contributed by atoms with Crippen LogP contribution in [0.5, 0.6) is 0 Å². The third kappa shape index (κ3) is 7.29. The molecule has 7 nitrogen and oxygen atoms in total. The van der Waals surface area contributed by atoms with Crippen LogP contribution in [0.2, 0.25) is 5.02 Å². The van der Waals surface area contributed by atoms with Crippen LogP contribution in [-0.2, 0) is 9.47 Å². The average molecular weight is 521 g/mol. The summed E-state index contributed by atoms with van der Waals surface area (Å²) in [7, 11) is 1.73. The van der Waals surface area contributed by atoms with Gasteiger partial charge in [0.2, 0.25) is 0 Å². The number of pyridine rings is 1. The van der Waals surface area contributed by atoms with Gasteiger partial charge < -0.3 is 30.5 Å². The number of nitrogens with one attached hydrogen (secondary N) is 3. The smallest absolute Gasteiger partial charge is 0.146 e. The number of ether oxygens (including phenoxy) is 2. The van der Waals surface area contributed by atoms with Gasteiger partial charge in [0.25, 0.3) is 0 Å². The number of nitrogens with zero attached hydrogens (tertiary/aromatic N) is 1. The van der Waals surface area contributed by atoms with Crippen molar-refractivity contribution in [2.24, 2.45) is 0 Å². The molecule has 36 heavy (non-hydrogen) atoms. The van der Waals surface area contributed by atoms with Gasteiger partial charge in [-0.25, -0.2) is 9.37 Å². The Kier molecular flexibility index (Phi) is 9.41. The molecule has 2 aromatic rings. The Labute approximate surface area is 218 Å². The minimum atomic E-state index is -0.900. The standard InChI is InChI=1S/C27H38ClFN4O3/c1-18(16-35-2)32-20-4-6-21(7-5-20)33-26-14-22(23(28)15-30-26)19-3-8-24(29)25(13-19)31-17-27(34)9-11-36-12-10-27/h3,8,13-15,18,20-21,31-32,34H,4-7,9-12,16-17H2,1-2H3,(H,30,33)/t18-,20?,21?/m1/s1. The van der Waals surface area contributed by atoms with Crippen molar-refractivity contribution >= 4 is 23.1 Å². The molecule has 0 bridgehead atoms. The zero-order chi connectivity index (χ0) is 25.5. The van der Waals surface area contributed by atoms with E-state index in [0.717, 1.165) is 42.6 Å². The maximum atomic E-state index is 14.6. The van der Waals surface area contributed by atoms with E-state index in [1.807, 2.05) is 6.07 Å². The number of rotatable bonds is 10. The lowest BCUT2D eigenvalue weighted by Gasteiger charge is -2.32. The van der Waals surface area contributed by atoms with E-state index in [1.54, 1.807) is 25.4 Å². The molecular formula is C27H38ClFN4O3. The van der Waals surface area contributed by atoms with Crippen molar-refractivity contribution < 1.29 is 19.0 Å². The molecule has 198 valence electrons. The Hall–Kier alpha value is -1.97. The van der Waals surface area contributed by atoms with E-state index in [9.17, 15) is 9.50 Å². The molecule has 1 aliphatic carbocycles. The van der Waals surface area contributed by atoms with Crippen LogP contribution in [0.25, 0.3) is 11.1 Å². The largest absolute Gasteiger partial charge is 0.388 e. The topological polar surface area (TPSA) is 87.7 Å². The van der Waals surface area contributed by atoms with Crippen LogP contribution >= 0.6 is 11.6 Å². The van der Waals surface area contributed by atoms with Crippen molar-refractivity contribution in [3.05, 3.63) is 41.3 Å². The van der Waals surface area contributed by atoms with Crippen LogP contribution in [0.3, 0.4) is 0 Å². The van der Waals surface area contributed by atoms with Gasteiger partial charge in [-0.15, -0.1) is 0 Å². The minimum absolute atomic E-state index is 0.259. The first-order chi connectivity index (χ1) is 17.3. The number of anilines is 2. The maximum Gasteiger partial charge on any atom is 0.146 e. The predicted octanol–water partition coefficient (Wildman–Crippen LogP) is 4.84. The van der Waals surface area contributed by atoms with Gasteiger partial charge in [0.05, 0.1) is 22.9 Å². The van der Waals surface area contributed by atoms with Gasteiger partial charge in [0, 0.05) is 69.6 Å². The van der Waals surface area contributed by atoms with Crippen molar-refractivity contribution in [1.29, 1.82) is 0 Å². The number of hydrogen-bond donors (Lipinski definition) is 4. The van der Waals surface area contributed by atoms with Gasteiger partial charge in [-0.2, -0.15) is 0 Å². The number of benzene rings is 1. The van der Waals surface area contributed by atoms with Gasteiger partial charge in [-0.3, -0.25) is 0 Å². The van der Waals surface area contributed by atoms with E-state index in [4.69, 9.17) is 21.1 Å². The fraction of sp³-hybridized carbons (Fsp3) is 0.593. The van der Waals surface area contributed by atoms with Gasteiger partial charge in [-0.1, -0.05) is 17.7 Å². The van der Waals surface area contributed by atoms with Crippen molar-refractivity contribution in [3.8, 4) is 11.1 Å². The monoisotopic (exact) mass is 520 g/mol. The van der Waals surface area contributed by atoms with Gasteiger partial charge in [-0.05, 0) is 56.4 Å². The van der Waals surface area contributed by atoms with E-state index in [1.165, 1.54) is 6.07 Å². The lowest BCUT2D eigenvalue weighted by molar-refractivity contribution is -0.0543. The van der Waals surface area contributed by atoms with Crippen molar-refractivity contribution in [1.82, 2.24) is 10.3 Å². The van der Waals surface area contributed by atoms with Crippen LogP contribution in [-0.4, -0.2) is 67.3 Å². The summed E-state index contributed by atoms with van der Waals surface area (Å²) in [6.07, 6.45) is 6.98. The SMILES string of the molecule is COC[C@@H](C)NC1CCC(Nc2cc(-c3ccc(F)c(NCC4(O)CCOCC4)c3)c(Cl)cn2)CC1. The predicted molar refractivity (Wildman–Crippen MR) is 142 cm³/mol. The highest BCUT2D eigenvalue weighted by atomic mass is 35.5. The van der Waals surface area contributed by atoms with Crippen molar-refractivity contribution in [2.75, 3.05) is 44.1 Å². The molecular weight excluding hydrogens is 483 g/mol. The quantitative estimate of drug-likeness (QED) is 0.356. The molecule has 1 atom stereocenters. The maximum absolute atomic E-state index is 14.6. The third-order valence-corrected chi connectivity index (χ3v) is 7.48. The first-order valence-corrected chi connectivity index (χ1v) is 13.2. The lowest BCUT2D eigenvalue weighted by atomic mass is 9.90. The number of methoxy groups -OCH3 is 1. The highest BCUT2D eigenvalue weighted by molar-refractivity contribution is 6.33. The highest BCUT2D eigenvalue weighted by Crippen LogP contribution is 2.33. The zero-order valence-corrected chi connectivity index (χ0v) is 21.9. The first-order valence-electron chi connectivity index (χ1n) is 12.9. The van der Waals surface area contributed by atoms with E-state index in [-0.39, 0.29) is 12.4 Å². The Morgan fingerprint density at radius 1 is 1.19 bits per heavy atom. The molecule has 4 rings (SSSR count). The van der Waals surface area contributed by atoms with Crippen LogP contribution in [0.15, 0.2) is 30.5 Å². The Morgan fingerprint density at radius 2 is 1.92 bits per heavy atom. The summed E-state index contributed by atoms with van der Waals surface area (Å²) < 4.78 is 25.1. The Morgan fingerprint density at radius 3 is 2.64 bits per heavy atom. The number of aromatic nitrogens is 1. The van der Waals surface area contributed by atoms with Crippen molar-refractivity contribution in [2.45, 2.75) is 69.2 Å². The van der Waals surface area contributed by atoms with E-state index < -0.39 is 5.60 Å². The molecule has 1 aromatic carbocycles. The summed E-state index contributed by atoms with van der Waals surface area (Å²) in [6, 6.07) is 8.00. The second-order valence-corrected chi connectivity index (χ2v) is 10.6. The summed E-state index contributed by atoms with van der Waals surface area (Å²) in [5.74, 6) is 0.386. The molecule has 2 aliphatic rings. The van der Waals surface area contributed by atoms with Gasteiger partial charge >= 0.3 is 0 Å². The fourth-order valence-electron chi connectivity index (χ4n) is 5.07. The summed E-state index contributed by atoms with van der Waals surface area (Å²) in [6.45, 7) is 4.14. The Bertz CT molecular complexity index is 997. The second-order valence-electron chi connectivity index (χ2n) is 10.2. The molecule has 1 saturated carbocycles. The minimum Gasteiger partial charge on any atom is -0.388 e. The lowest BCUT2D eigenvalue weighted by Crippen LogP contribution is -2.42. The highest BCUT2D eigenvalue weighted by Gasteiger charge is 2.30. The number of hydrogen-bond acceptors (Lipinski definition) is 7. The molecule has 1 aromatic heterocycles. The number of halogens is 2. The van der Waals surface area contributed by atoms with Gasteiger partial charge in [0.15, 0.2) is 0 Å². The molecule has 1 saturated heterocycles. The molecule has 1 aliphatic heterocycles. The van der Waals surface area contributed by atoms with E-state index >= 15 is 0 Å². The summed E-state index contributed by atoms with van der Waals surface area (Å²) in [5, 5.41) is 21.5. The molecule has 4 N–H and O–H groups in total. The molecule has 2 heterocycles. The first kappa shape index (κ1) is 27.1. The van der Waals surface area contributed by atoms with Crippen LogP contribution in [0.1, 0.15) is 45.4 Å². The molecule has 2 fully saturated rings. The van der Waals surface area contributed by atoms with E-state index in [2.05, 4.69) is 27.9 Å². The normalized spacial score (nSPS) is 22.7. The van der Waals surface area contributed by atoms with Crippen molar-refractivity contribution in [3.63, 3.8) is 0 Å². The summed E-state index contributed by atoms with van der Waals surface area (Å²) >= 11 is 6.50. The second kappa shape index (κ2) is 12.5. The third-order valence-electron chi connectivity index (χ3n) is 7.18. The average Bonchev–Trinajstić information content (AvgIpc) is 2.87.